The molecular weight excluding hydrogens is 368 g/mol. The van der Waals surface area contributed by atoms with Gasteiger partial charge in [0.15, 0.2) is 12.4 Å². The fourth-order valence-corrected chi connectivity index (χ4v) is 4.15. The Labute approximate surface area is 158 Å². The Morgan fingerprint density at radius 1 is 1.29 bits per heavy atom. The predicted molar refractivity (Wildman–Crippen MR) is 94.9 cm³/mol. The van der Waals surface area contributed by atoms with Crippen molar-refractivity contribution in [1.29, 1.82) is 0 Å². The van der Waals surface area contributed by atoms with Gasteiger partial charge in [-0.05, 0) is 30.4 Å². The van der Waals surface area contributed by atoms with Gasteiger partial charge < -0.3 is 10.5 Å². The summed E-state index contributed by atoms with van der Waals surface area (Å²) in [6, 6.07) is 3.94. The van der Waals surface area contributed by atoms with Crippen molar-refractivity contribution in [3.8, 4) is 5.75 Å². The van der Waals surface area contributed by atoms with E-state index in [-0.39, 0.29) is 46.9 Å². The number of imide groups is 1. The number of carbonyl (C=O) groups excluding carboxylic acids is 3. The molecule has 1 aliphatic heterocycles. The first-order valence-electron chi connectivity index (χ1n) is 8.66. The van der Waals surface area contributed by atoms with E-state index in [0.717, 1.165) is 11.4 Å². The molecule has 2 aliphatic carbocycles. The zero-order chi connectivity index (χ0) is 20.0. The van der Waals surface area contributed by atoms with Crippen LogP contribution in [0.1, 0.15) is 12.0 Å². The molecule has 1 saturated heterocycles. The van der Waals surface area contributed by atoms with Crippen molar-refractivity contribution in [2.24, 2.45) is 34.5 Å². The van der Waals surface area contributed by atoms with Crippen molar-refractivity contribution >= 4 is 29.6 Å². The SMILES string of the molecule is NC(=O)COc1ccc(C=NN2C(=O)[C@@H]3[C@H](C2=O)[C@H]2C=C[C@H]3C2)cc1[N+](=O)[O-]. The summed E-state index contributed by atoms with van der Waals surface area (Å²) in [5.41, 5.74) is 4.89. The Morgan fingerprint density at radius 2 is 1.93 bits per heavy atom. The smallest absolute Gasteiger partial charge is 0.311 e. The number of amides is 3. The summed E-state index contributed by atoms with van der Waals surface area (Å²) in [6.07, 6.45) is 6.01. The molecule has 2 N–H and O–H groups in total. The normalized spacial score (nSPS) is 27.6. The lowest BCUT2D eigenvalue weighted by molar-refractivity contribution is -0.385. The number of benzene rings is 1. The molecule has 4 atom stereocenters. The number of fused-ring (bicyclic) bond motifs is 5. The highest BCUT2D eigenvalue weighted by Gasteiger charge is 2.59. The van der Waals surface area contributed by atoms with Crippen molar-refractivity contribution in [3.05, 3.63) is 46.0 Å². The standard InChI is InChI=1S/C18H16N4O6/c19-14(23)8-28-13-4-1-9(5-12(13)22(26)27)7-20-21-17(24)15-10-2-3-11(6-10)16(15)18(21)25/h1-5,7,10-11,15-16H,6,8H2,(H2,19,23)/t10-,11-,15-,16+/m0/s1. The zero-order valence-electron chi connectivity index (χ0n) is 14.6. The predicted octanol–water partition coefficient (Wildman–Crippen LogP) is 0.600. The number of hydrogen-bond donors (Lipinski definition) is 1. The fraction of sp³-hybridized carbons (Fsp3) is 0.333. The highest BCUT2D eigenvalue weighted by atomic mass is 16.6. The van der Waals surface area contributed by atoms with E-state index in [2.05, 4.69) is 5.10 Å². The molecule has 3 amide bonds. The number of hydrogen-bond acceptors (Lipinski definition) is 7. The topological polar surface area (TPSA) is 145 Å². The monoisotopic (exact) mass is 384 g/mol. The lowest BCUT2D eigenvalue weighted by Gasteiger charge is -2.13. The summed E-state index contributed by atoms with van der Waals surface area (Å²) in [7, 11) is 0. The van der Waals surface area contributed by atoms with Crippen molar-refractivity contribution in [3.63, 3.8) is 0 Å². The summed E-state index contributed by atoms with van der Waals surface area (Å²) in [4.78, 5) is 46.5. The van der Waals surface area contributed by atoms with E-state index >= 15 is 0 Å². The fourth-order valence-electron chi connectivity index (χ4n) is 4.15. The second-order valence-electron chi connectivity index (χ2n) is 6.97. The van der Waals surface area contributed by atoms with Crippen LogP contribution in [0.25, 0.3) is 0 Å². The van der Waals surface area contributed by atoms with Gasteiger partial charge in [-0.15, -0.1) is 0 Å². The van der Waals surface area contributed by atoms with Crippen LogP contribution in [0.4, 0.5) is 5.69 Å². The number of primary amides is 1. The van der Waals surface area contributed by atoms with Gasteiger partial charge in [-0.25, -0.2) is 0 Å². The number of carbonyl (C=O) groups is 3. The molecule has 3 aliphatic rings. The molecule has 2 fully saturated rings. The first-order valence-corrected chi connectivity index (χ1v) is 8.66. The average molecular weight is 384 g/mol. The molecule has 4 rings (SSSR count). The number of nitro benzene ring substituents is 1. The van der Waals surface area contributed by atoms with E-state index < -0.39 is 17.4 Å². The number of ether oxygens (including phenoxy) is 1. The second kappa shape index (κ2) is 6.55. The highest BCUT2D eigenvalue weighted by Crippen LogP contribution is 2.52. The summed E-state index contributed by atoms with van der Waals surface area (Å²) in [5.74, 6) is -2.12. The number of rotatable bonds is 6. The summed E-state index contributed by atoms with van der Waals surface area (Å²) in [5, 5.41) is 16.1. The van der Waals surface area contributed by atoms with Gasteiger partial charge >= 0.3 is 5.69 Å². The van der Waals surface area contributed by atoms with Crippen LogP contribution in [-0.2, 0) is 14.4 Å². The molecule has 10 heteroatoms. The molecule has 0 aromatic heterocycles. The van der Waals surface area contributed by atoms with E-state index in [9.17, 15) is 24.5 Å². The van der Waals surface area contributed by atoms with Crippen LogP contribution in [0.3, 0.4) is 0 Å². The molecule has 1 saturated carbocycles. The van der Waals surface area contributed by atoms with Gasteiger partial charge in [-0.3, -0.25) is 24.5 Å². The summed E-state index contributed by atoms with van der Waals surface area (Å²) < 4.78 is 5.02. The minimum atomic E-state index is -0.764. The molecule has 10 nitrogen and oxygen atoms in total. The number of nitrogens with zero attached hydrogens (tertiary/aromatic N) is 3. The molecule has 144 valence electrons. The van der Waals surface area contributed by atoms with E-state index in [0.29, 0.717) is 5.56 Å². The van der Waals surface area contributed by atoms with Crippen molar-refractivity contribution < 1.29 is 24.0 Å². The van der Waals surface area contributed by atoms with Gasteiger partial charge in [0.25, 0.3) is 17.7 Å². The molecule has 0 radical (unpaired) electrons. The average Bonchev–Trinajstić information content (AvgIpc) is 3.33. The van der Waals surface area contributed by atoms with Gasteiger partial charge in [0, 0.05) is 11.6 Å². The maximum atomic E-state index is 12.6. The molecule has 1 heterocycles. The third-order valence-electron chi connectivity index (χ3n) is 5.32. The highest BCUT2D eigenvalue weighted by molar-refractivity contribution is 6.06. The van der Waals surface area contributed by atoms with Gasteiger partial charge in [-0.2, -0.15) is 10.1 Å². The molecular formula is C18H16N4O6. The molecule has 0 spiro atoms. The van der Waals surface area contributed by atoms with Gasteiger partial charge in [0.05, 0.1) is 23.0 Å². The van der Waals surface area contributed by atoms with Crippen LogP contribution >= 0.6 is 0 Å². The Morgan fingerprint density at radius 3 is 2.50 bits per heavy atom. The largest absolute Gasteiger partial charge is 0.477 e. The third-order valence-corrected chi connectivity index (χ3v) is 5.32. The third kappa shape index (κ3) is 2.82. The van der Waals surface area contributed by atoms with Crippen LogP contribution < -0.4 is 10.5 Å². The minimum absolute atomic E-state index is 0.0782. The van der Waals surface area contributed by atoms with Crippen LogP contribution in [0.2, 0.25) is 0 Å². The number of nitro groups is 1. The van der Waals surface area contributed by atoms with E-state index in [4.69, 9.17) is 10.5 Å². The molecule has 1 aromatic carbocycles. The van der Waals surface area contributed by atoms with E-state index in [1.165, 1.54) is 24.4 Å². The van der Waals surface area contributed by atoms with Gasteiger partial charge in [0.1, 0.15) is 0 Å². The molecule has 0 unspecified atom stereocenters. The minimum Gasteiger partial charge on any atom is -0.477 e. The summed E-state index contributed by atoms with van der Waals surface area (Å²) in [6.45, 7) is -0.496. The van der Waals surface area contributed by atoms with Crippen molar-refractivity contribution in [2.45, 2.75) is 6.42 Å². The van der Waals surface area contributed by atoms with Crippen LogP contribution in [0.5, 0.6) is 5.75 Å². The molecule has 2 bridgehead atoms. The van der Waals surface area contributed by atoms with Crippen molar-refractivity contribution in [2.75, 3.05) is 6.61 Å². The van der Waals surface area contributed by atoms with Gasteiger partial charge in [0.2, 0.25) is 0 Å². The number of allylic oxidation sites excluding steroid dienone is 2. The Balaban J connectivity index is 1.54. The van der Waals surface area contributed by atoms with Gasteiger partial charge in [-0.1, -0.05) is 12.2 Å². The lowest BCUT2D eigenvalue weighted by Crippen LogP contribution is -2.28. The number of hydrazone groups is 1. The van der Waals surface area contributed by atoms with E-state index in [1.54, 1.807) is 0 Å². The Bertz CT molecular complexity index is 925. The summed E-state index contributed by atoms with van der Waals surface area (Å²) >= 11 is 0. The second-order valence-corrected chi connectivity index (χ2v) is 6.97. The van der Waals surface area contributed by atoms with E-state index in [1.807, 2.05) is 12.2 Å². The molecule has 28 heavy (non-hydrogen) atoms. The lowest BCUT2D eigenvalue weighted by atomic mass is 9.85. The zero-order valence-corrected chi connectivity index (χ0v) is 14.6. The number of nitrogens with two attached hydrogens (primary N) is 1. The maximum Gasteiger partial charge on any atom is 0.311 e. The maximum absolute atomic E-state index is 12.6. The Kier molecular flexibility index (Phi) is 4.17. The first kappa shape index (κ1) is 17.8. The van der Waals surface area contributed by atoms with Crippen LogP contribution in [0.15, 0.2) is 35.5 Å². The van der Waals surface area contributed by atoms with Crippen LogP contribution in [0, 0.1) is 33.8 Å². The first-order chi connectivity index (χ1) is 13.4. The van der Waals surface area contributed by atoms with Crippen molar-refractivity contribution in [1.82, 2.24) is 5.01 Å². The molecule has 1 aromatic rings. The Hall–Kier alpha value is -3.56. The van der Waals surface area contributed by atoms with Crippen LogP contribution in [-0.4, -0.2) is 40.5 Å². The quantitative estimate of drug-likeness (QED) is 0.250.